The SMILES string of the molecule is CC(C)[C@H]([NH2+]CC(=O)Nc1ccc(C#N)c(Cl)c1)c1ccc(F)cc1. The molecular weight excluding hydrogens is 341 g/mol. The summed E-state index contributed by atoms with van der Waals surface area (Å²) in [5.41, 5.74) is 1.89. The number of quaternary nitrogens is 1. The Morgan fingerprint density at radius 3 is 2.52 bits per heavy atom. The number of benzene rings is 2. The van der Waals surface area contributed by atoms with Gasteiger partial charge in [0.15, 0.2) is 6.54 Å². The molecule has 0 heterocycles. The van der Waals surface area contributed by atoms with E-state index in [1.54, 1.807) is 30.3 Å². The van der Waals surface area contributed by atoms with Crippen molar-refractivity contribution in [2.24, 2.45) is 5.92 Å². The van der Waals surface area contributed by atoms with Crippen molar-refractivity contribution < 1.29 is 14.5 Å². The van der Waals surface area contributed by atoms with Crippen LogP contribution in [0.2, 0.25) is 5.02 Å². The van der Waals surface area contributed by atoms with E-state index in [0.717, 1.165) is 5.56 Å². The Labute approximate surface area is 151 Å². The number of nitriles is 1. The molecule has 6 heteroatoms. The number of carbonyl (C=O) groups excluding carboxylic acids is 1. The lowest BCUT2D eigenvalue weighted by molar-refractivity contribution is -0.692. The fourth-order valence-electron chi connectivity index (χ4n) is 2.61. The van der Waals surface area contributed by atoms with Crippen LogP contribution in [0.5, 0.6) is 0 Å². The smallest absolute Gasteiger partial charge is 0.279 e. The van der Waals surface area contributed by atoms with E-state index in [1.165, 1.54) is 12.1 Å². The molecule has 2 rings (SSSR count). The number of hydrogen-bond donors (Lipinski definition) is 2. The monoisotopic (exact) mass is 360 g/mol. The predicted octanol–water partition coefficient (Wildman–Crippen LogP) is 3.25. The number of amides is 1. The van der Waals surface area contributed by atoms with Gasteiger partial charge in [0.25, 0.3) is 5.91 Å². The molecule has 0 saturated carbocycles. The first kappa shape index (κ1) is 18.9. The van der Waals surface area contributed by atoms with Gasteiger partial charge in [-0.3, -0.25) is 4.79 Å². The largest absolute Gasteiger partial charge is 0.332 e. The first-order valence-electron chi connectivity index (χ1n) is 7.99. The lowest BCUT2D eigenvalue weighted by Crippen LogP contribution is -2.88. The molecule has 0 spiro atoms. The van der Waals surface area contributed by atoms with Crippen molar-refractivity contribution in [3.63, 3.8) is 0 Å². The van der Waals surface area contributed by atoms with Gasteiger partial charge in [-0.1, -0.05) is 37.6 Å². The topological polar surface area (TPSA) is 69.5 Å². The van der Waals surface area contributed by atoms with Crippen molar-refractivity contribution in [1.82, 2.24) is 0 Å². The molecule has 1 amide bonds. The van der Waals surface area contributed by atoms with Crippen molar-refractivity contribution in [3.8, 4) is 6.07 Å². The van der Waals surface area contributed by atoms with Crippen molar-refractivity contribution in [2.75, 3.05) is 11.9 Å². The highest BCUT2D eigenvalue weighted by molar-refractivity contribution is 6.32. The van der Waals surface area contributed by atoms with E-state index in [0.29, 0.717) is 16.3 Å². The van der Waals surface area contributed by atoms with Gasteiger partial charge in [-0.05, 0) is 30.3 Å². The number of halogens is 2. The molecule has 0 unspecified atom stereocenters. The Balaban J connectivity index is 1.98. The van der Waals surface area contributed by atoms with Crippen LogP contribution >= 0.6 is 11.6 Å². The zero-order valence-corrected chi connectivity index (χ0v) is 14.8. The third kappa shape index (κ3) is 5.28. The molecule has 0 fully saturated rings. The maximum absolute atomic E-state index is 13.1. The molecule has 1 atom stereocenters. The van der Waals surface area contributed by atoms with Gasteiger partial charge in [0.05, 0.1) is 10.6 Å². The fraction of sp³-hybridized carbons (Fsp3) is 0.263. The Kier molecular flexibility index (Phi) is 6.51. The van der Waals surface area contributed by atoms with E-state index in [2.05, 4.69) is 19.2 Å². The molecule has 3 N–H and O–H groups in total. The number of hydrogen-bond acceptors (Lipinski definition) is 2. The highest BCUT2D eigenvalue weighted by Gasteiger charge is 2.20. The average Bonchev–Trinajstić information content (AvgIpc) is 2.56. The number of carbonyl (C=O) groups is 1. The van der Waals surface area contributed by atoms with Crippen molar-refractivity contribution in [2.45, 2.75) is 19.9 Å². The molecule has 0 aliphatic carbocycles. The number of nitrogens with two attached hydrogens (primary N) is 1. The van der Waals surface area contributed by atoms with Crippen LogP contribution in [0.15, 0.2) is 42.5 Å². The molecule has 4 nitrogen and oxygen atoms in total. The Morgan fingerprint density at radius 2 is 1.96 bits per heavy atom. The van der Waals surface area contributed by atoms with Crippen LogP contribution in [0, 0.1) is 23.1 Å². The highest BCUT2D eigenvalue weighted by Crippen LogP contribution is 2.20. The third-order valence-corrected chi connectivity index (χ3v) is 4.22. The number of rotatable bonds is 6. The van der Waals surface area contributed by atoms with Gasteiger partial charge < -0.3 is 10.6 Å². The summed E-state index contributed by atoms with van der Waals surface area (Å²) in [7, 11) is 0. The maximum atomic E-state index is 13.1. The Hall–Kier alpha value is -2.42. The molecule has 0 aromatic heterocycles. The molecule has 2 aromatic carbocycles. The Bertz CT molecular complexity index is 784. The van der Waals surface area contributed by atoms with Gasteiger partial charge in [0.2, 0.25) is 0 Å². The molecule has 0 bridgehead atoms. The standard InChI is InChI=1S/C19H19ClFN3O/c1-12(2)19(13-3-6-15(21)7-4-13)23-11-18(25)24-16-8-5-14(10-22)17(20)9-16/h3-9,12,19,23H,11H2,1-2H3,(H,24,25)/p+1/t19-/m0/s1. The molecule has 0 radical (unpaired) electrons. The predicted molar refractivity (Wildman–Crippen MR) is 95.6 cm³/mol. The minimum absolute atomic E-state index is 0.0518. The normalized spacial score (nSPS) is 11.8. The first-order chi connectivity index (χ1) is 11.9. The second-order valence-corrected chi connectivity index (χ2v) is 6.52. The summed E-state index contributed by atoms with van der Waals surface area (Å²) in [6.07, 6.45) is 0. The van der Waals surface area contributed by atoms with Crippen molar-refractivity contribution in [3.05, 3.63) is 64.4 Å². The minimum Gasteiger partial charge on any atom is -0.332 e. The van der Waals surface area contributed by atoms with Crippen LogP contribution in [-0.4, -0.2) is 12.5 Å². The van der Waals surface area contributed by atoms with Gasteiger partial charge in [-0.2, -0.15) is 5.26 Å². The van der Waals surface area contributed by atoms with Crippen molar-refractivity contribution >= 4 is 23.2 Å². The van der Waals surface area contributed by atoms with Crippen LogP contribution in [0.25, 0.3) is 0 Å². The summed E-state index contributed by atoms with van der Waals surface area (Å²) in [4.78, 5) is 12.2. The number of nitrogens with one attached hydrogen (secondary N) is 1. The van der Waals surface area contributed by atoms with Crippen molar-refractivity contribution in [1.29, 1.82) is 5.26 Å². The van der Waals surface area contributed by atoms with Crippen LogP contribution in [0.3, 0.4) is 0 Å². The van der Waals surface area contributed by atoms with Gasteiger partial charge in [0.1, 0.15) is 17.9 Å². The van der Waals surface area contributed by atoms with Gasteiger partial charge in [-0.25, -0.2) is 4.39 Å². The molecule has 0 aliphatic heterocycles. The molecule has 0 saturated heterocycles. The number of anilines is 1. The highest BCUT2D eigenvalue weighted by atomic mass is 35.5. The fourth-order valence-corrected chi connectivity index (χ4v) is 2.83. The maximum Gasteiger partial charge on any atom is 0.279 e. The quantitative estimate of drug-likeness (QED) is 0.830. The zero-order valence-electron chi connectivity index (χ0n) is 14.1. The lowest BCUT2D eigenvalue weighted by atomic mass is 9.96. The molecular formula is C19H20ClFN3O+. The van der Waals surface area contributed by atoms with Gasteiger partial charge in [-0.15, -0.1) is 0 Å². The molecule has 0 aliphatic rings. The zero-order chi connectivity index (χ0) is 18.4. The first-order valence-corrected chi connectivity index (χ1v) is 8.36. The van der Waals surface area contributed by atoms with Crippen LogP contribution in [0.4, 0.5) is 10.1 Å². The molecule has 2 aromatic rings. The lowest BCUT2D eigenvalue weighted by Gasteiger charge is -2.19. The summed E-state index contributed by atoms with van der Waals surface area (Å²) in [5, 5.41) is 13.9. The van der Waals surface area contributed by atoms with Crippen LogP contribution < -0.4 is 10.6 Å². The third-order valence-electron chi connectivity index (χ3n) is 3.90. The van der Waals surface area contributed by atoms with Crippen LogP contribution in [0.1, 0.15) is 31.0 Å². The second-order valence-electron chi connectivity index (χ2n) is 6.12. The second kappa shape index (κ2) is 8.61. The van der Waals surface area contributed by atoms with E-state index in [4.69, 9.17) is 16.9 Å². The van der Waals surface area contributed by atoms with Gasteiger partial charge >= 0.3 is 0 Å². The molecule has 130 valence electrons. The van der Waals surface area contributed by atoms with E-state index in [9.17, 15) is 9.18 Å². The van der Waals surface area contributed by atoms with E-state index >= 15 is 0 Å². The average molecular weight is 361 g/mol. The summed E-state index contributed by atoms with van der Waals surface area (Å²) >= 11 is 5.96. The summed E-state index contributed by atoms with van der Waals surface area (Å²) in [5.74, 6) is -0.169. The molecule has 25 heavy (non-hydrogen) atoms. The van der Waals surface area contributed by atoms with E-state index in [-0.39, 0.29) is 30.2 Å². The number of nitrogens with zero attached hydrogens (tertiary/aromatic N) is 1. The Morgan fingerprint density at radius 1 is 1.28 bits per heavy atom. The summed E-state index contributed by atoms with van der Waals surface area (Å²) < 4.78 is 13.1. The summed E-state index contributed by atoms with van der Waals surface area (Å²) in [6.45, 7) is 4.34. The summed E-state index contributed by atoms with van der Waals surface area (Å²) in [6, 6.07) is 13.1. The van der Waals surface area contributed by atoms with Gasteiger partial charge in [0, 0.05) is 17.2 Å². The van der Waals surface area contributed by atoms with Crippen LogP contribution in [-0.2, 0) is 4.79 Å². The van der Waals surface area contributed by atoms with E-state index in [1.807, 2.05) is 11.4 Å². The van der Waals surface area contributed by atoms with E-state index < -0.39 is 0 Å². The minimum atomic E-state index is -0.276.